The fourth-order valence-electron chi connectivity index (χ4n) is 2.41. The number of aryl methyl sites for hydroxylation is 3. The number of aromatic nitrogens is 2. The van der Waals surface area contributed by atoms with Crippen LogP contribution in [0.2, 0.25) is 0 Å². The molecule has 1 unspecified atom stereocenters. The first-order chi connectivity index (χ1) is 8.95. The summed E-state index contributed by atoms with van der Waals surface area (Å²) in [6, 6.07) is 6.53. The smallest absolute Gasteiger partial charge is 0.132 e. The molecule has 0 aliphatic heterocycles. The maximum Gasteiger partial charge on any atom is 0.132 e. The summed E-state index contributed by atoms with van der Waals surface area (Å²) >= 11 is 0. The van der Waals surface area contributed by atoms with Gasteiger partial charge in [-0.2, -0.15) is 0 Å². The van der Waals surface area contributed by atoms with E-state index in [4.69, 9.17) is 5.73 Å². The van der Waals surface area contributed by atoms with Crippen molar-refractivity contribution in [1.82, 2.24) is 9.97 Å². The van der Waals surface area contributed by atoms with Crippen LogP contribution in [0.3, 0.4) is 0 Å². The molecule has 2 N–H and O–H groups in total. The van der Waals surface area contributed by atoms with Gasteiger partial charge in [0.1, 0.15) is 5.82 Å². The molecule has 0 aliphatic carbocycles. The first kappa shape index (κ1) is 13.7. The van der Waals surface area contributed by atoms with Crippen molar-refractivity contribution >= 4 is 0 Å². The van der Waals surface area contributed by atoms with Gasteiger partial charge in [-0.05, 0) is 33.3 Å². The molecule has 0 aliphatic rings. The number of hydrogen-bond donors (Lipinski definition) is 1. The summed E-state index contributed by atoms with van der Waals surface area (Å²) in [4.78, 5) is 8.98. The minimum absolute atomic E-state index is 0.0183. The van der Waals surface area contributed by atoms with Gasteiger partial charge in [-0.3, -0.25) is 0 Å². The van der Waals surface area contributed by atoms with Crippen molar-refractivity contribution in [2.24, 2.45) is 5.73 Å². The van der Waals surface area contributed by atoms with Crippen molar-refractivity contribution in [3.63, 3.8) is 0 Å². The molecule has 3 nitrogen and oxygen atoms in total. The lowest BCUT2D eigenvalue weighted by molar-refractivity contribution is 0.776. The largest absolute Gasteiger partial charge is 0.324 e. The number of nitrogens with two attached hydrogens (primary N) is 1. The van der Waals surface area contributed by atoms with E-state index in [0.717, 1.165) is 23.5 Å². The predicted molar refractivity (Wildman–Crippen MR) is 78.1 cm³/mol. The second-order valence-electron chi connectivity index (χ2n) is 5.29. The Morgan fingerprint density at radius 2 is 1.74 bits per heavy atom. The predicted octanol–water partition coefficient (Wildman–Crippen LogP) is 3.01. The van der Waals surface area contributed by atoms with Crippen LogP contribution in [0.25, 0.3) is 0 Å². The van der Waals surface area contributed by atoms with E-state index in [1.165, 1.54) is 16.7 Å². The van der Waals surface area contributed by atoms with Gasteiger partial charge in [0.2, 0.25) is 0 Å². The zero-order valence-electron chi connectivity index (χ0n) is 12.1. The van der Waals surface area contributed by atoms with Crippen molar-refractivity contribution in [3.8, 4) is 0 Å². The quantitative estimate of drug-likeness (QED) is 0.917. The van der Waals surface area contributed by atoms with Crippen molar-refractivity contribution in [2.75, 3.05) is 0 Å². The molecule has 1 aromatic carbocycles. The molecule has 2 rings (SSSR count). The van der Waals surface area contributed by atoms with Crippen LogP contribution < -0.4 is 5.73 Å². The van der Waals surface area contributed by atoms with E-state index < -0.39 is 0 Å². The zero-order chi connectivity index (χ0) is 14.0. The van der Waals surface area contributed by atoms with Gasteiger partial charge in [-0.15, -0.1) is 0 Å². The van der Waals surface area contributed by atoms with Crippen molar-refractivity contribution in [3.05, 3.63) is 58.2 Å². The van der Waals surface area contributed by atoms with E-state index in [0.29, 0.717) is 0 Å². The molecule has 0 amide bonds. The molecule has 1 aromatic heterocycles. The Balaban J connectivity index is 2.26. The maximum absolute atomic E-state index is 5.88. The molecule has 1 heterocycles. The second-order valence-corrected chi connectivity index (χ2v) is 5.29. The molecule has 0 radical (unpaired) electrons. The van der Waals surface area contributed by atoms with Crippen LogP contribution in [0.5, 0.6) is 0 Å². The van der Waals surface area contributed by atoms with E-state index in [1.807, 2.05) is 20.0 Å². The van der Waals surface area contributed by atoms with Gasteiger partial charge in [0.05, 0.1) is 0 Å². The summed E-state index contributed by atoms with van der Waals surface area (Å²) in [6.07, 6.45) is 2.62. The van der Waals surface area contributed by atoms with E-state index in [-0.39, 0.29) is 6.04 Å². The third-order valence-corrected chi connectivity index (χ3v) is 3.20. The van der Waals surface area contributed by atoms with Crippen LogP contribution in [-0.4, -0.2) is 9.97 Å². The minimum Gasteiger partial charge on any atom is -0.324 e. The molecule has 0 saturated heterocycles. The first-order valence-electron chi connectivity index (χ1n) is 6.61. The average molecular weight is 255 g/mol. The van der Waals surface area contributed by atoms with Gasteiger partial charge in [0.25, 0.3) is 0 Å². The third kappa shape index (κ3) is 3.38. The van der Waals surface area contributed by atoms with Gasteiger partial charge < -0.3 is 5.73 Å². The Morgan fingerprint density at radius 3 is 2.26 bits per heavy atom. The van der Waals surface area contributed by atoms with Crippen LogP contribution >= 0.6 is 0 Å². The Bertz CT molecular complexity index is 568. The SMILES string of the molecule is Cc1cc(C)cc(Cc2ncc(C(C)N)c(C)n2)c1. The highest BCUT2D eigenvalue weighted by Gasteiger charge is 2.08. The zero-order valence-corrected chi connectivity index (χ0v) is 12.1. The molecular weight excluding hydrogens is 234 g/mol. The molecule has 0 fully saturated rings. The minimum atomic E-state index is -0.0183. The summed E-state index contributed by atoms with van der Waals surface area (Å²) in [6.45, 7) is 8.17. The molecular formula is C16H21N3. The summed E-state index contributed by atoms with van der Waals surface area (Å²) in [7, 11) is 0. The van der Waals surface area contributed by atoms with E-state index in [1.54, 1.807) is 0 Å². The van der Waals surface area contributed by atoms with Crippen molar-refractivity contribution < 1.29 is 0 Å². The molecule has 2 aromatic rings. The molecule has 19 heavy (non-hydrogen) atoms. The topological polar surface area (TPSA) is 51.8 Å². The molecule has 0 saturated carbocycles. The highest BCUT2D eigenvalue weighted by Crippen LogP contribution is 2.15. The number of benzene rings is 1. The summed E-state index contributed by atoms with van der Waals surface area (Å²) in [5.74, 6) is 0.854. The fraction of sp³-hybridized carbons (Fsp3) is 0.375. The molecule has 0 bridgehead atoms. The molecule has 1 atom stereocenters. The monoisotopic (exact) mass is 255 g/mol. The van der Waals surface area contributed by atoms with Gasteiger partial charge >= 0.3 is 0 Å². The fourth-order valence-corrected chi connectivity index (χ4v) is 2.41. The number of hydrogen-bond acceptors (Lipinski definition) is 3. The van der Waals surface area contributed by atoms with Crippen LogP contribution in [0.1, 0.15) is 46.7 Å². The lowest BCUT2D eigenvalue weighted by Gasteiger charge is -2.10. The summed E-state index contributed by atoms with van der Waals surface area (Å²) in [5.41, 5.74) is 11.7. The summed E-state index contributed by atoms with van der Waals surface area (Å²) < 4.78 is 0. The average Bonchev–Trinajstić information content (AvgIpc) is 2.26. The van der Waals surface area contributed by atoms with Crippen LogP contribution in [0.15, 0.2) is 24.4 Å². The van der Waals surface area contributed by atoms with E-state index >= 15 is 0 Å². The Labute approximate surface area is 114 Å². The molecule has 3 heteroatoms. The lowest BCUT2D eigenvalue weighted by atomic mass is 10.0. The van der Waals surface area contributed by atoms with Crippen LogP contribution in [-0.2, 0) is 6.42 Å². The first-order valence-corrected chi connectivity index (χ1v) is 6.61. The second kappa shape index (κ2) is 5.49. The van der Waals surface area contributed by atoms with Crippen molar-refractivity contribution in [2.45, 2.75) is 40.2 Å². The Hall–Kier alpha value is -1.74. The summed E-state index contributed by atoms with van der Waals surface area (Å²) in [5, 5.41) is 0. The lowest BCUT2D eigenvalue weighted by Crippen LogP contribution is -2.10. The number of nitrogens with zero attached hydrogens (tertiary/aromatic N) is 2. The third-order valence-electron chi connectivity index (χ3n) is 3.20. The van der Waals surface area contributed by atoms with Gasteiger partial charge in [-0.25, -0.2) is 9.97 Å². The van der Waals surface area contributed by atoms with E-state index in [2.05, 4.69) is 42.0 Å². The van der Waals surface area contributed by atoms with Crippen molar-refractivity contribution in [1.29, 1.82) is 0 Å². The van der Waals surface area contributed by atoms with Gasteiger partial charge in [-0.1, -0.05) is 29.3 Å². The van der Waals surface area contributed by atoms with Crippen LogP contribution in [0, 0.1) is 20.8 Å². The Kier molecular flexibility index (Phi) is 3.96. The highest BCUT2D eigenvalue weighted by atomic mass is 14.9. The molecule has 100 valence electrons. The van der Waals surface area contributed by atoms with Gasteiger partial charge in [0.15, 0.2) is 0 Å². The maximum atomic E-state index is 5.88. The standard InChI is InChI=1S/C16H21N3/c1-10-5-11(2)7-14(6-10)8-16-18-9-15(12(3)17)13(4)19-16/h5-7,9,12H,8,17H2,1-4H3. The normalized spacial score (nSPS) is 12.5. The molecule has 0 spiro atoms. The van der Waals surface area contributed by atoms with E-state index in [9.17, 15) is 0 Å². The Morgan fingerprint density at radius 1 is 1.11 bits per heavy atom. The number of rotatable bonds is 3. The highest BCUT2D eigenvalue weighted by molar-refractivity contribution is 5.31. The van der Waals surface area contributed by atoms with Gasteiger partial charge in [0, 0.05) is 29.9 Å². The van der Waals surface area contributed by atoms with Crippen LogP contribution in [0.4, 0.5) is 0 Å².